The smallest absolute Gasteiger partial charge is 0.223 e. The molecule has 2 heterocycles. The molecule has 0 fully saturated rings. The summed E-state index contributed by atoms with van der Waals surface area (Å²) in [6.07, 6.45) is 1.50. The van der Waals surface area contributed by atoms with E-state index < -0.39 is 0 Å². The first-order valence-corrected chi connectivity index (χ1v) is 4.55. The van der Waals surface area contributed by atoms with Gasteiger partial charge in [-0.3, -0.25) is 0 Å². The highest BCUT2D eigenvalue weighted by molar-refractivity contribution is 6.29. The third-order valence-electron chi connectivity index (χ3n) is 1.65. The summed E-state index contributed by atoms with van der Waals surface area (Å²) in [5, 5.41) is 7.02. The molecule has 2 rings (SSSR count). The van der Waals surface area contributed by atoms with E-state index in [0.717, 1.165) is 5.69 Å². The van der Waals surface area contributed by atoms with Crippen molar-refractivity contribution in [3.63, 3.8) is 0 Å². The van der Waals surface area contributed by atoms with Crippen molar-refractivity contribution < 1.29 is 4.52 Å². The van der Waals surface area contributed by atoms with Crippen LogP contribution in [-0.4, -0.2) is 15.1 Å². The van der Waals surface area contributed by atoms with Gasteiger partial charge in [-0.25, -0.2) is 4.98 Å². The van der Waals surface area contributed by atoms with Gasteiger partial charge in [0.1, 0.15) is 22.9 Å². The number of nitrogens with zero attached hydrogens (tertiary/aromatic N) is 3. The van der Waals surface area contributed by atoms with E-state index in [1.807, 2.05) is 0 Å². The van der Waals surface area contributed by atoms with E-state index in [-0.39, 0.29) is 5.95 Å². The second-order valence-corrected chi connectivity index (χ2v) is 3.17. The van der Waals surface area contributed by atoms with Crippen molar-refractivity contribution in [2.75, 3.05) is 11.1 Å². The van der Waals surface area contributed by atoms with E-state index in [0.29, 0.717) is 17.5 Å². The number of hydrogen-bond donors (Lipinski definition) is 2. The minimum atomic E-state index is 0.130. The molecule has 3 N–H and O–H groups in total. The maximum Gasteiger partial charge on any atom is 0.223 e. The first-order chi connectivity index (χ1) is 7.24. The molecule has 2 aromatic heterocycles. The molecular weight excluding hydrogens is 218 g/mol. The van der Waals surface area contributed by atoms with Crippen LogP contribution in [0.4, 0.5) is 11.8 Å². The molecule has 0 aliphatic carbocycles. The molecule has 0 radical (unpaired) electrons. The average Bonchev–Trinajstić information content (AvgIpc) is 2.65. The lowest BCUT2D eigenvalue weighted by atomic mass is 10.4. The van der Waals surface area contributed by atoms with Crippen molar-refractivity contribution in [1.29, 1.82) is 0 Å². The van der Waals surface area contributed by atoms with Gasteiger partial charge in [-0.2, -0.15) is 4.98 Å². The zero-order valence-electron chi connectivity index (χ0n) is 7.64. The minimum absolute atomic E-state index is 0.130. The second kappa shape index (κ2) is 4.14. The van der Waals surface area contributed by atoms with Crippen LogP contribution in [0.3, 0.4) is 0 Å². The molecule has 0 saturated heterocycles. The van der Waals surface area contributed by atoms with Gasteiger partial charge in [0.2, 0.25) is 5.95 Å². The Kier molecular flexibility index (Phi) is 2.68. The predicted octanol–water partition coefficient (Wildman–Crippen LogP) is 1.31. The predicted molar refractivity (Wildman–Crippen MR) is 55.3 cm³/mol. The average molecular weight is 226 g/mol. The van der Waals surface area contributed by atoms with Gasteiger partial charge in [0.25, 0.3) is 0 Å². The zero-order valence-corrected chi connectivity index (χ0v) is 8.40. The highest BCUT2D eigenvalue weighted by Gasteiger charge is 2.01. The van der Waals surface area contributed by atoms with Gasteiger partial charge in [0, 0.05) is 12.1 Å². The van der Waals surface area contributed by atoms with Crippen molar-refractivity contribution in [3.8, 4) is 0 Å². The topological polar surface area (TPSA) is 89.9 Å². The molecule has 7 heteroatoms. The maximum absolute atomic E-state index is 5.71. The van der Waals surface area contributed by atoms with Crippen LogP contribution >= 0.6 is 11.6 Å². The third kappa shape index (κ3) is 2.57. The lowest BCUT2D eigenvalue weighted by molar-refractivity contribution is 0.412. The summed E-state index contributed by atoms with van der Waals surface area (Å²) in [6, 6.07) is 3.33. The lowest BCUT2D eigenvalue weighted by Gasteiger charge is -2.03. The van der Waals surface area contributed by atoms with Gasteiger partial charge in [-0.15, -0.1) is 0 Å². The van der Waals surface area contributed by atoms with Crippen LogP contribution in [0.25, 0.3) is 0 Å². The zero-order chi connectivity index (χ0) is 10.7. The fourth-order valence-electron chi connectivity index (χ4n) is 1.04. The van der Waals surface area contributed by atoms with E-state index in [1.165, 1.54) is 6.26 Å². The van der Waals surface area contributed by atoms with Gasteiger partial charge in [-0.1, -0.05) is 16.8 Å². The molecule has 2 aromatic rings. The molecule has 0 amide bonds. The van der Waals surface area contributed by atoms with Crippen LogP contribution in [0.1, 0.15) is 5.69 Å². The SMILES string of the molecule is Nc1nc(Cl)cc(NCc2ccon2)n1. The van der Waals surface area contributed by atoms with Crippen LogP contribution in [0.2, 0.25) is 5.15 Å². The molecule has 0 spiro atoms. The highest BCUT2D eigenvalue weighted by atomic mass is 35.5. The molecule has 78 valence electrons. The Hall–Kier alpha value is -1.82. The van der Waals surface area contributed by atoms with Gasteiger partial charge >= 0.3 is 0 Å². The van der Waals surface area contributed by atoms with Crippen LogP contribution in [0, 0.1) is 0 Å². The fourth-order valence-corrected chi connectivity index (χ4v) is 1.23. The highest BCUT2D eigenvalue weighted by Crippen LogP contribution is 2.12. The number of nitrogens with one attached hydrogen (secondary N) is 1. The first-order valence-electron chi connectivity index (χ1n) is 4.17. The number of nitrogen functional groups attached to an aromatic ring is 1. The fraction of sp³-hybridized carbons (Fsp3) is 0.125. The summed E-state index contributed by atoms with van der Waals surface area (Å²) in [6.45, 7) is 0.489. The number of aromatic nitrogens is 3. The monoisotopic (exact) mass is 225 g/mol. The third-order valence-corrected chi connectivity index (χ3v) is 1.85. The second-order valence-electron chi connectivity index (χ2n) is 2.78. The molecule has 15 heavy (non-hydrogen) atoms. The number of hydrogen-bond acceptors (Lipinski definition) is 6. The van der Waals surface area contributed by atoms with Gasteiger partial charge in [0.05, 0.1) is 6.54 Å². The van der Waals surface area contributed by atoms with Crippen molar-refractivity contribution in [1.82, 2.24) is 15.1 Å². The van der Waals surface area contributed by atoms with Crippen molar-refractivity contribution in [2.24, 2.45) is 0 Å². The number of nitrogens with two attached hydrogens (primary N) is 1. The summed E-state index contributed by atoms with van der Waals surface area (Å²) in [7, 11) is 0. The lowest BCUT2D eigenvalue weighted by Crippen LogP contribution is -2.04. The quantitative estimate of drug-likeness (QED) is 0.766. The Labute approximate surface area is 90.5 Å². The van der Waals surface area contributed by atoms with Crippen LogP contribution in [-0.2, 0) is 6.54 Å². The van der Waals surface area contributed by atoms with E-state index in [2.05, 4.69) is 25.0 Å². The van der Waals surface area contributed by atoms with Crippen LogP contribution in [0.15, 0.2) is 22.9 Å². The molecular formula is C8H8ClN5O. The molecule has 0 aliphatic heterocycles. The first kappa shape index (κ1) is 9.72. The van der Waals surface area contributed by atoms with Crippen molar-refractivity contribution >= 4 is 23.4 Å². The molecule has 0 aliphatic rings. The molecule has 0 saturated carbocycles. The van der Waals surface area contributed by atoms with E-state index in [4.69, 9.17) is 17.3 Å². The van der Waals surface area contributed by atoms with E-state index >= 15 is 0 Å². The molecule has 6 nitrogen and oxygen atoms in total. The molecule has 0 bridgehead atoms. The number of rotatable bonds is 3. The van der Waals surface area contributed by atoms with Gasteiger partial charge in [0.15, 0.2) is 0 Å². The standard InChI is InChI=1S/C8H8ClN5O/c9-6-3-7(13-8(10)12-6)11-4-5-1-2-15-14-5/h1-3H,4H2,(H3,10,11,12,13). The molecule has 0 unspecified atom stereocenters. The summed E-state index contributed by atoms with van der Waals surface area (Å²) in [5.41, 5.74) is 6.19. The summed E-state index contributed by atoms with van der Waals surface area (Å²) in [5.74, 6) is 0.681. The number of anilines is 2. The largest absolute Gasteiger partial charge is 0.368 e. The van der Waals surface area contributed by atoms with Gasteiger partial charge in [-0.05, 0) is 0 Å². The van der Waals surface area contributed by atoms with Gasteiger partial charge < -0.3 is 15.6 Å². The Morgan fingerprint density at radius 1 is 1.47 bits per heavy atom. The number of halogens is 1. The molecule has 0 atom stereocenters. The maximum atomic E-state index is 5.71. The minimum Gasteiger partial charge on any atom is -0.368 e. The van der Waals surface area contributed by atoms with Crippen molar-refractivity contribution in [3.05, 3.63) is 29.2 Å². The Morgan fingerprint density at radius 3 is 3.00 bits per heavy atom. The molecule has 0 aromatic carbocycles. The van der Waals surface area contributed by atoms with E-state index in [1.54, 1.807) is 12.1 Å². The summed E-state index contributed by atoms with van der Waals surface area (Å²) < 4.78 is 4.68. The van der Waals surface area contributed by atoms with Crippen molar-refractivity contribution in [2.45, 2.75) is 6.54 Å². The Bertz CT molecular complexity index is 424. The normalized spacial score (nSPS) is 10.2. The Balaban J connectivity index is 2.05. The summed E-state index contributed by atoms with van der Waals surface area (Å²) in [4.78, 5) is 7.68. The van der Waals surface area contributed by atoms with Crippen LogP contribution in [0.5, 0.6) is 0 Å². The Morgan fingerprint density at radius 2 is 2.33 bits per heavy atom. The summed E-state index contributed by atoms with van der Waals surface area (Å²) >= 11 is 5.71. The van der Waals surface area contributed by atoms with Crippen LogP contribution < -0.4 is 11.1 Å². The van der Waals surface area contributed by atoms with E-state index in [9.17, 15) is 0 Å².